The van der Waals surface area contributed by atoms with Crippen molar-refractivity contribution in [2.45, 2.75) is 19.9 Å². The molecule has 0 aliphatic carbocycles. The minimum Gasteiger partial charge on any atom is -0.342 e. The van der Waals surface area contributed by atoms with E-state index in [1.165, 1.54) is 0 Å². The molecule has 2 aromatic carbocycles. The van der Waals surface area contributed by atoms with Gasteiger partial charge in [-0.25, -0.2) is 4.98 Å². The first kappa shape index (κ1) is 13.4. The molecule has 3 aromatic rings. The van der Waals surface area contributed by atoms with E-state index in [0.717, 1.165) is 22.4 Å². The van der Waals surface area contributed by atoms with Crippen LogP contribution in [0, 0.1) is 6.92 Å². The van der Waals surface area contributed by atoms with Crippen molar-refractivity contribution in [1.82, 2.24) is 15.3 Å². The van der Waals surface area contributed by atoms with Gasteiger partial charge in [0.05, 0.1) is 17.1 Å². The highest BCUT2D eigenvalue weighted by Gasteiger charge is 2.15. The second kappa shape index (κ2) is 5.40. The number of benzene rings is 2. The molecule has 1 amide bonds. The molecule has 0 saturated heterocycles. The van der Waals surface area contributed by atoms with Gasteiger partial charge in [0.15, 0.2) is 0 Å². The van der Waals surface area contributed by atoms with Crippen LogP contribution in [0.5, 0.6) is 0 Å². The molecule has 1 atom stereocenters. The van der Waals surface area contributed by atoms with E-state index in [-0.39, 0.29) is 11.9 Å². The molecule has 0 unspecified atom stereocenters. The van der Waals surface area contributed by atoms with Crippen LogP contribution in [0.25, 0.3) is 11.0 Å². The average Bonchev–Trinajstić information content (AvgIpc) is 2.91. The maximum absolute atomic E-state index is 12.3. The first-order valence-electron chi connectivity index (χ1n) is 6.96. The van der Waals surface area contributed by atoms with Crippen LogP contribution in [0.2, 0.25) is 0 Å². The van der Waals surface area contributed by atoms with Gasteiger partial charge in [-0.05, 0) is 37.6 Å². The van der Waals surface area contributed by atoms with Crippen LogP contribution in [0.1, 0.15) is 34.7 Å². The van der Waals surface area contributed by atoms with Crippen molar-refractivity contribution < 1.29 is 4.79 Å². The molecule has 0 radical (unpaired) electrons. The van der Waals surface area contributed by atoms with Gasteiger partial charge in [0.2, 0.25) is 0 Å². The van der Waals surface area contributed by atoms with Gasteiger partial charge in [0.25, 0.3) is 5.91 Å². The van der Waals surface area contributed by atoms with E-state index in [4.69, 9.17) is 0 Å². The number of nitrogens with zero attached hydrogens (tertiary/aromatic N) is 1. The number of aryl methyl sites for hydroxylation is 1. The number of carbonyl (C=O) groups excluding carboxylic acids is 1. The number of aromatic amines is 1. The molecule has 0 fully saturated rings. The summed E-state index contributed by atoms with van der Waals surface area (Å²) in [5.74, 6) is 0.680. The van der Waals surface area contributed by atoms with Gasteiger partial charge in [0, 0.05) is 5.56 Å². The van der Waals surface area contributed by atoms with Crippen LogP contribution in [0.15, 0.2) is 48.5 Å². The number of H-pyrrole nitrogens is 1. The Labute approximate surface area is 123 Å². The number of hydrogen-bond donors (Lipinski definition) is 2. The Bertz CT molecular complexity index is 758. The fourth-order valence-electron chi connectivity index (χ4n) is 2.35. The first-order valence-corrected chi connectivity index (χ1v) is 6.96. The zero-order valence-corrected chi connectivity index (χ0v) is 12.1. The van der Waals surface area contributed by atoms with Crippen molar-refractivity contribution in [2.24, 2.45) is 0 Å². The fourth-order valence-corrected chi connectivity index (χ4v) is 2.35. The average molecular weight is 279 g/mol. The van der Waals surface area contributed by atoms with Crippen molar-refractivity contribution in [3.8, 4) is 0 Å². The SMILES string of the molecule is Cc1ccccc1C(=O)N[C@@H](C)c1nc2ccccc2[nH]1. The summed E-state index contributed by atoms with van der Waals surface area (Å²) in [6.07, 6.45) is 0. The molecule has 3 rings (SSSR count). The van der Waals surface area contributed by atoms with E-state index in [2.05, 4.69) is 15.3 Å². The number of rotatable bonds is 3. The Hall–Kier alpha value is -2.62. The number of amides is 1. The molecule has 1 heterocycles. The highest BCUT2D eigenvalue weighted by atomic mass is 16.1. The summed E-state index contributed by atoms with van der Waals surface area (Å²) >= 11 is 0. The highest BCUT2D eigenvalue weighted by Crippen LogP contribution is 2.16. The minimum absolute atomic E-state index is 0.0824. The summed E-state index contributed by atoms with van der Waals surface area (Å²) in [5.41, 5.74) is 3.54. The molecule has 4 nitrogen and oxygen atoms in total. The summed E-state index contributed by atoms with van der Waals surface area (Å²) in [5, 5.41) is 2.98. The Morgan fingerprint density at radius 2 is 1.86 bits per heavy atom. The molecule has 106 valence electrons. The molecule has 0 saturated carbocycles. The smallest absolute Gasteiger partial charge is 0.252 e. The zero-order chi connectivity index (χ0) is 14.8. The highest BCUT2D eigenvalue weighted by molar-refractivity contribution is 5.95. The van der Waals surface area contributed by atoms with E-state index < -0.39 is 0 Å². The molecular formula is C17H17N3O. The van der Waals surface area contributed by atoms with E-state index in [0.29, 0.717) is 5.56 Å². The number of para-hydroxylation sites is 2. The van der Waals surface area contributed by atoms with Crippen molar-refractivity contribution in [3.05, 3.63) is 65.5 Å². The van der Waals surface area contributed by atoms with Crippen molar-refractivity contribution in [1.29, 1.82) is 0 Å². The molecule has 0 spiro atoms. The number of imidazole rings is 1. The van der Waals surface area contributed by atoms with Crippen LogP contribution < -0.4 is 5.32 Å². The Morgan fingerprint density at radius 1 is 1.14 bits per heavy atom. The molecule has 21 heavy (non-hydrogen) atoms. The van der Waals surface area contributed by atoms with E-state index in [1.807, 2.05) is 62.4 Å². The monoisotopic (exact) mass is 279 g/mol. The second-order valence-corrected chi connectivity index (χ2v) is 5.15. The molecule has 0 aliphatic rings. The van der Waals surface area contributed by atoms with E-state index in [1.54, 1.807) is 0 Å². The van der Waals surface area contributed by atoms with Gasteiger partial charge in [-0.3, -0.25) is 4.79 Å². The topological polar surface area (TPSA) is 57.8 Å². The number of carbonyl (C=O) groups is 1. The van der Waals surface area contributed by atoms with Gasteiger partial charge >= 0.3 is 0 Å². The van der Waals surface area contributed by atoms with Gasteiger partial charge in [-0.2, -0.15) is 0 Å². The lowest BCUT2D eigenvalue weighted by atomic mass is 10.1. The van der Waals surface area contributed by atoms with E-state index >= 15 is 0 Å². The molecular weight excluding hydrogens is 262 g/mol. The molecule has 1 aromatic heterocycles. The maximum Gasteiger partial charge on any atom is 0.252 e. The van der Waals surface area contributed by atoms with Crippen molar-refractivity contribution >= 4 is 16.9 Å². The Balaban J connectivity index is 1.81. The third kappa shape index (κ3) is 2.65. The van der Waals surface area contributed by atoms with Gasteiger partial charge in [-0.15, -0.1) is 0 Å². The lowest BCUT2D eigenvalue weighted by Crippen LogP contribution is -2.27. The molecule has 0 aliphatic heterocycles. The van der Waals surface area contributed by atoms with Crippen LogP contribution in [-0.2, 0) is 0 Å². The van der Waals surface area contributed by atoms with Crippen molar-refractivity contribution in [3.63, 3.8) is 0 Å². The summed E-state index contributed by atoms with van der Waals surface area (Å²) in [6.45, 7) is 3.86. The van der Waals surface area contributed by atoms with Crippen LogP contribution in [0.4, 0.5) is 0 Å². The number of nitrogens with one attached hydrogen (secondary N) is 2. The normalized spacial score (nSPS) is 12.3. The number of aromatic nitrogens is 2. The summed E-state index contributed by atoms with van der Waals surface area (Å²) in [6, 6.07) is 15.2. The third-order valence-corrected chi connectivity index (χ3v) is 3.56. The summed E-state index contributed by atoms with van der Waals surface area (Å²) in [4.78, 5) is 20.1. The minimum atomic E-state index is -0.176. The van der Waals surface area contributed by atoms with Crippen molar-refractivity contribution in [2.75, 3.05) is 0 Å². The lowest BCUT2D eigenvalue weighted by Gasteiger charge is -2.12. The van der Waals surface area contributed by atoms with Gasteiger partial charge in [0.1, 0.15) is 5.82 Å². The Kier molecular flexibility index (Phi) is 3.44. The quantitative estimate of drug-likeness (QED) is 0.772. The lowest BCUT2D eigenvalue weighted by molar-refractivity contribution is 0.0938. The zero-order valence-electron chi connectivity index (χ0n) is 12.1. The van der Waals surface area contributed by atoms with Crippen LogP contribution in [0.3, 0.4) is 0 Å². The largest absolute Gasteiger partial charge is 0.342 e. The van der Waals surface area contributed by atoms with Gasteiger partial charge in [-0.1, -0.05) is 30.3 Å². The van der Waals surface area contributed by atoms with Crippen LogP contribution in [-0.4, -0.2) is 15.9 Å². The predicted octanol–water partition coefficient (Wildman–Crippen LogP) is 3.36. The molecule has 2 N–H and O–H groups in total. The Morgan fingerprint density at radius 3 is 2.62 bits per heavy atom. The maximum atomic E-state index is 12.3. The molecule has 4 heteroatoms. The summed E-state index contributed by atoms with van der Waals surface area (Å²) < 4.78 is 0. The number of fused-ring (bicyclic) bond motifs is 1. The third-order valence-electron chi connectivity index (χ3n) is 3.56. The number of hydrogen-bond acceptors (Lipinski definition) is 2. The second-order valence-electron chi connectivity index (χ2n) is 5.15. The fraction of sp³-hybridized carbons (Fsp3) is 0.176. The van der Waals surface area contributed by atoms with Gasteiger partial charge < -0.3 is 10.3 Å². The predicted molar refractivity (Wildman–Crippen MR) is 83.2 cm³/mol. The summed E-state index contributed by atoms with van der Waals surface area (Å²) in [7, 11) is 0. The van der Waals surface area contributed by atoms with E-state index in [9.17, 15) is 4.79 Å². The van der Waals surface area contributed by atoms with Crippen LogP contribution >= 0.6 is 0 Å². The standard InChI is InChI=1S/C17H17N3O/c1-11-7-3-4-8-13(11)17(21)18-12(2)16-19-14-9-5-6-10-15(14)20-16/h3-10,12H,1-2H3,(H,18,21)(H,19,20)/t12-/m0/s1. The molecule has 0 bridgehead atoms. The first-order chi connectivity index (χ1) is 10.1.